The number of carbonyl (C=O) groups excluding carboxylic acids is 1. The zero-order chi connectivity index (χ0) is 30.1. The first kappa shape index (κ1) is 27.7. The fraction of sp³-hybridized carbons (Fsp3) is 0.114. The first-order valence-corrected chi connectivity index (χ1v) is 14.1. The molecule has 0 aliphatic heterocycles. The van der Waals surface area contributed by atoms with Gasteiger partial charge in [-0.1, -0.05) is 61.0 Å². The van der Waals surface area contributed by atoms with Crippen LogP contribution in [-0.4, -0.2) is 20.9 Å². The Balaban J connectivity index is 1.52. The number of nitrogen functional groups attached to an aromatic ring is 1. The lowest BCUT2D eigenvalue weighted by Gasteiger charge is -2.22. The van der Waals surface area contributed by atoms with Gasteiger partial charge in [-0.15, -0.1) is 0 Å². The lowest BCUT2D eigenvalue weighted by Crippen LogP contribution is -2.17. The summed E-state index contributed by atoms with van der Waals surface area (Å²) in [5, 5.41) is 5.25. The van der Waals surface area contributed by atoms with E-state index in [1.165, 1.54) is 0 Å². The molecule has 1 amide bonds. The van der Waals surface area contributed by atoms with E-state index < -0.39 is 11.9 Å². The van der Waals surface area contributed by atoms with Gasteiger partial charge in [-0.25, -0.2) is 14.4 Å². The van der Waals surface area contributed by atoms with Crippen molar-refractivity contribution in [1.82, 2.24) is 15.0 Å². The highest BCUT2D eigenvalue weighted by atomic mass is 19.1. The number of fused-ring (bicyclic) bond motifs is 1. The highest BCUT2D eigenvalue weighted by Gasteiger charge is 2.25. The molecule has 2 aromatic heterocycles. The lowest BCUT2D eigenvalue weighted by molar-refractivity contribution is 0.100. The van der Waals surface area contributed by atoms with Gasteiger partial charge in [-0.05, 0) is 66.3 Å². The molecule has 0 spiro atoms. The van der Waals surface area contributed by atoms with Crippen molar-refractivity contribution in [3.8, 4) is 22.4 Å². The maximum Gasteiger partial charge on any atom is 0.249 e. The predicted molar refractivity (Wildman–Crippen MR) is 170 cm³/mol. The number of primary amides is 1. The Morgan fingerprint density at radius 1 is 1.00 bits per heavy atom. The molecule has 0 bridgehead atoms. The maximum atomic E-state index is 16.7. The highest BCUT2D eigenvalue weighted by molar-refractivity contribution is 5.99. The third-order valence-electron chi connectivity index (χ3n) is 7.65. The van der Waals surface area contributed by atoms with Gasteiger partial charge in [0.2, 0.25) is 5.91 Å². The van der Waals surface area contributed by atoms with Crippen molar-refractivity contribution < 1.29 is 9.18 Å². The minimum atomic E-state index is -0.707. The van der Waals surface area contributed by atoms with Crippen molar-refractivity contribution in [3.05, 3.63) is 131 Å². The van der Waals surface area contributed by atoms with Crippen molar-refractivity contribution in [2.75, 3.05) is 11.1 Å². The number of imidazole rings is 1. The molecule has 0 saturated heterocycles. The van der Waals surface area contributed by atoms with Gasteiger partial charge in [0.15, 0.2) is 0 Å². The summed E-state index contributed by atoms with van der Waals surface area (Å²) in [6, 6.07) is 25.6. The van der Waals surface area contributed by atoms with E-state index in [0.29, 0.717) is 39.6 Å². The molecule has 6 aromatic rings. The zero-order valence-corrected chi connectivity index (χ0v) is 23.9. The molecular weight excluding hydrogens is 539 g/mol. The molecule has 0 radical (unpaired) electrons. The Morgan fingerprint density at radius 3 is 2.63 bits per heavy atom. The number of hydrogen-bond donors (Lipinski definition) is 4. The second-order valence-corrected chi connectivity index (χ2v) is 10.6. The number of aryl methyl sites for hydroxylation is 2. The van der Waals surface area contributed by atoms with Gasteiger partial charge in [0.1, 0.15) is 23.5 Å². The number of aromatic nitrogens is 3. The number of carbonyl (C=O) groups is 1. The minimum Gasteiger partial charge on any atom is -0.383 e. The van der Waals surface area contributed by atoms with E-state index in [9.17, 15) is 4.79 Å². The summed E-state index contributed by atoms with van der Waals surface area (Å²) in [4.78, 5) is 24.4. The molecule has 4 aromatic carbocycles. The van der Waals surface area contributed by atoms with Crippen LogP contribution in [0.5, 0.6) is 0 Å². The summed E-state index contributed by atoms with van der Waals surface area (Å²) < 4.78 is 16.7. The van der Waals surface area contributed by atoms with Crippen LogP contribution in [0.2, 0.25) is 0 Å². The molecule has 6 rings (SSSR count). The summed E-state index contributed by atoms with van der Waals surface area (Å²) in [6.45, 7) is 4.04. The third-order valence-corrected chi connectivity index (χ3v) is 7.65. The number of hydrogen-bond acceptors (Lipinski definition) is 5. The van der Waals surface area contributed by atoms with E-state index in [1.54, 1.807) is 30.6 Å². The molecule has 2 heterocycles. The van der Waals surface area contributed by atoms with Crippen LogP contribution in [0.15, 0.2) is 97.3 Å². The van der Waals surface area contributed by atoms with E-state index in [-0.39, 0.29) is 5.82 Å². The molecule has 0 fully saturated rings. The third kappa shape index (κ3) is 5.42. The van der Waals surface area contributed by atoms with E-state index in [0.717, 1.165) is 39.6 Å². The Labute approximate surface area is 248 Å². The van der Waals surface area contributed by atoms with Gasteiger partial charge in [0, 0.05) is 45.7 Å². The molecular formula is C35H31FN6O. The van der Waals surface area contributed by atoms with Gasteiger partial charge in [0.05, 0.1) is 5.69 Å². The molecule has 6 N–H and O–H groups in total. The summed E-state index contributed by atoms with van der Waals surface area (Å²) >= 11 is 0. The average molecular weight is 571 g/mol. The Morgan fingerprint density at radius 2 is 1.84 bits per heavy atom. The van der Waals surface area contributed by atoms with Crippen molar-refractivity contribution in [2.24, 2.45) is 5.73 Å². The summed E-state index contributed by atoms with van der Waals surface area (Å²) in [5.41, 5.74) is 17.8. The van der Waals surface area contributed by atoms with Crippen molar-refractivity contribution >= 4 is 28.2 Å². The number of pyridine rings is 1. The molecule has 1 unspecified atom stereocenters. The minimum absolute atomic E-state index is 0.343. The van der Waals surface area contributed by atoms with E-state index in [2.05, 4.69) is 15.3 Å². The van der Waals surface area contributed by atoms with Crippen LogP contribution in [0.4, 0.5) is 15.9 Å². The number of halogens is 1. The number of anilines is 2. The number of H-pyrrole nitrogens is 1. The van der Waals surface area contributed by atoms with Gasteiger partial charge >= 0.3 is 0 Å². The normalized spacial score (nSPS) is 11.9. The zero-order valence-electron chi connectivity index (χ0n) is 23.9. The molecule has 8 heteroatoms. The summed E-state index contributed by atoms with van der Waals surface area (Å²) in [5.74, 6) is 0.0223. The van der Waals surface area contributed by atoms with E-state index in [1.807, 2.05) is 80.6 Å². The topological polar surface area (TPSA) is 123 Å². The lowest BCUT2D eigenvalue weighted by atomic mass is 9.93. The van der Waals surface area contributed by atoms with Crippen LogP contribution in [-0.2, 0) is 6.42 Å². The first-order chi connectivity index (χ1) is 20.8. The standard InChI is InChI=1S/C35H31FN6O/c1-3-21-16-28(22-8-6-7-20(2)15-22)31(36)29(17-21)32(41-24-11-12-25-23(18-24)13-14-39-33(25)37)35-40-19-30(42-35)26-9-4-5-10-27(26)34(38)43/h4-19,32,41H,3H2,1-2H3,(H2,37,39)(H2,38,43)(H,40,42). The molecule has 0 aliphatic carbocycles. The number of nitrogens with zero attached hydrogens (tertiary/aromatic N) is 2. The fourth-order valence-electron chi connectivity index (χ4n) is 5.44. The number of nitrogens with one attached hydrogen (secondary N) is 2. The molecule has 7 nitrogen and oxygen atoms in total. The smallest absolute Gasteiger partial charge is 0.249 e. The van der Waals surface area contributed by atoms with Crippen LogP contribution in [0, 0.1) is 12.7 Å². The van der Waals surface area contributed by atoms with E-state index >= 15 is 4.39 Å². The summed E-state index contributed by atoms with van der Waals surface area (Å²) in [7, 11) is 0. The number of nitrogens with two attached hydrogens (primary N) is 2. The van der Waals surface area contributed by atoms with Gasteiger partial charge in [0.25, 0.3) is 0 Å². The number of rotatable bonds is 8. The van der Waals surface area contributed by atoms with E-state index in [4.69, 9.17) is 16.5 Å². The molecule has 0 aliphatic rings. The Bertz CT molecular complexity index is 1980. The van der Waals surface area contributed by atoms with Crippen molar-refractivity contribution in [3.63, 3.8) is 0 Å². The number of aromatic amines is 1. The molecule has 0 saturated carbocycles. The van der Waals surface area contributed by atoms with Crippen molar-refractivity contribution in [2.45, 2.75) is 26.3 Å². The number of amides is 1. The van der Waals surface area contributed by atoms with Crippen LogP contribution in [0.25, 0.3) is 33.2 Å². The average Bonchev–Trinajstić information content (AvgIpc) is 3.50. The van der Waals surface area contributed by atoms with Gasteiger partial charge in [-0.3, -0.25) is 4.79 Å². The van der Waals surface area contributed by atoms with Crippen LogP contribution in [0.1, 0.15) is 45.8 Å². The monoisotopic (exact) mass is 570 g/mol. The first-order valence-electron chi connectivity index (χ1n) is 14.1. The molecule has 214 valence electrons. The Hall–Kier alpha value is -5.50. The second-order valence-electron chi connectivity index (χ2n) is 10.6. The Kier molecular flexibility index (Phi) is 7.34. The van der Waals surface area contributed by atoms with Crippen molar-refractivity contribution in [1.29, 1.82) is 0 Å². The predicted octanol–water partition coefficient (Wildman–Crippen LogP) is 7.18. The fourth-order valence-corrected chi connectivity index (χ4v) is 5.44. The number of benzene rings is 4. The quantitative estimate of drug-likeness (QED) is 0.154. The SMILES string of the molecule is CCc1cc(-c2cccc(C)c2)c(F)c(C(Nc2ccc3c(N)nccc3c2)c2nc(-c3ccccc3C(N)=O)c[nH]2)c1. The molecule has 1 atom stereocenters. The van der Waals surface area contributed by atoms with Crippen LogP contribution >= 0.6 is 0 Å². The maximum absolute atomic E-state index is 16.7. The molecule has 43 heavy (non-hydrogen) atoms. The van der Waals surface area contributed by atoms with Crippen LogP contribution in [0.3, 0.4) is 0 Å². The largest absolute Gasteiger partial charge is 0.383 e. The highest BCUT2D eigenvalue weighted by Crippen LogP contribution is 2.36. The van der Waals surface area contributed by atoms with Crippen LogP contribution < -0.4 is 16.8 Å². The second kappa shape index (κ2) is 11.4. The summed E-state index contributed by atoms with van der Waals surface area (Å²) in [6.07, 6.45) is 4.09. The van der Waals surface area contributed by atoms with Gasteiger partial charge < -0.3 is 21.8 Å². The van der Waals surface area contributed by atoms with Gasteiger partial charge in [-0.2, -0.15) is 0 Å².